The summed E-state index contributed by atoms with van der Waals surface area (Å²) < 4.78 is 14.0. The maximum Gasteiger partial charge on any atom is 0.258 e. The van der Waals surface area contributed by atoms with Gasteiger partial charge in [0.1, 0.15) is 22.6 Å². The summed E-state index contributed by atoms with van der Waals surface area (Å²) in [5, 5.41) is 11.3. The number of hydrogen-bond acceptors (Lipinski definition) is 3. The van der Waals surface area contributed by atoms with Crippen LogP contribution in [-0.4, -0.2) is 10.9 Å². The first-order valence-corrected chi connectivity index (χ1v) is 6.51. The van der Waals surface area contributed by atoms with Crippen LogP contribution in [0.15, 0.2) is 34.9 Å². The molecule has 2 aromatic rings. The van der Waals surface area contributed by atoms with Crippen LogP contribution in [0.3, 0.4) is 0 Å². The van der Waals surface area contributed by atoms with Crippen molar-refractivity contribution in [2.24, 2.45) is 0 Å². The summed E-state index contributed by atoms with van der Waals surface area (Å²) >= 11 is 9.01. The predicted molar refractivity (Wildman–Crippen MR) is 76.0 cm³/mol. The van der Waals surface area contributed by atoms with Crippen LogP contribution in [0.2, 0.25) is 5.15 Å². The van der Waals surface area contributed by atoms with Crippen molar-refractivity contribution >= 4 is 39.1 Å². The molecule has 7 heteroatoms. The van der Waals surface area contributed by atoms with Gasteiger partial charge in [0.15, 0.2) is 0 Å². The highest BCUT2D eigenvalue weighted by molar-refractivity contribution is 9.10. The standard InChI is InChI=1S/C13H6BrClFN3O/c14-7-4-8(12(15)18-6-7)13(20)19-11-3-1-2-10(16)9(11)5-17/h1-4,6H,(H,19,20). The molecule has 0 saturated carbocycles. The second-order valence-electron chi connectivity index (χ2n) is 3.72. The normalized spacial score (nSPS) is 9.90. The third kappa shape index (κ3) is 2.95. The van der Waals surface area contributed by atoms with E-state index >= 15 is 0 Å². The molecule has 0 fully saturated rings. The molecule has 1 aromatic heterocycles. The van der Waals surface area contributed by atoms with Gasteiger partial charge in [-0.05, 0) is 34.1 Å². The summed E-state index contributed by atoms with van der Waals surface area (Å²) in [6, 6.07) is 7.15. The van der Waals surface area contributed by atoms with Crippen LogP contribution >= 0.6 is 27.5 Å². The third-order valence-corrected chi connectivity index (χ3v) is 3.16. The first-order chi connectivity index (χ1) is 9.52. The minimum atomic E-state index is -0.705. The van der Waals surface area contributed by atoms with Gasteiger partial charge in [-0.3, -0.25) is 4.79 Å². The van der Waals surface area contributed by atoms with Crippen molar-refractivity contribution in [3.05, 3.63) is 57.0 Å². The summed E-state index contributed by atoms with van der Waals surface area (Å²) in [6.45, 7) is 0. The van der Waals surface area contributed by atoms with E-state index in [9.17, 15) is 9.18 Å². The van der Waals surface area contributed by atoms with Crippen LogP contribution < -0.4 is 5.32 Å². The molecule has 0 bridgehead atoms. The Morgan fingerprint density at radius 3 is 2.95 bits per heavy atom. The highest BCUT2D eigenvalue weighted by Gasteiger charge is 2.15. The van der Waals surface area contributed by atoms with Crippen molar-refractivity contribution in [3.63, 3.8) is 0 Å². The third-order valence-electron chi connectivity index (χ3n) is 2.42. The molecule has 1 amide bonds. The van der Waals surface area contributed by atoms with E-state index < -0.39 is 11.7 Å². The van der Waals surface area contributed by atoms with Crippen molar-refractivity contribution in [1.82, 2.24) is 4.98 Å². The number of halogens is 3. The Balaban J connectivity index is 2.36. The molecule has 0 unspecified atom stereocenters. The van der Waals surface area contributed by atoms with Gasteiger partial charge in [-0.25, -0.2) is 9.37 Å². The molecule has 20 heavy (non-hydrogen) atoms. The van der Waals surface area contributed by atoms with Crippen LogP contribution in [0.25, 0.3) is 0 Å². The van der Waals surface area contributed by atoms with E-state index in [4.69, 9.17) is 16.9 Å². The highest BCUT2D eigenvalue weighted by atomic mass is 79.9. The zero-order chi connectivity index (χ0) is 14.7. The SMILES string of the molecule is N#Cc1c(F)cccc1NC(=O)c1cc(Br)cnc1Cl. The van der Waals surface area contributed by atoms with Crippen LogP contribution in [0.5, 0.6) is 0 Å². The minimum Gasteiger partial charge on any atom is -0.321 e. The van der Waals surface area contributed by atoms with E-state index in [1.165, 1.54) is 24.4 Å². The monoisotopic (exact) mass is 353 g/mol. The number of nitrogens with one attached hydrogen (secondary N) is 1. The molecule has 0 aliphatic rings. The highest BCUT2D eigenvalue weighted by Crippen LogP contribution is 2.22. The molecule has 0 aliphatic carbocycles. The van der Waals surface area contributed by atoms with Gasteiger partial charge in [-0.1, -0.05) is 17.7 Å². The van der Waals surface area contributed by atoms with Crippen molar-refractivity contribution < 1.29 is 9.18 Å². The number of nitriles is 1. The molecule has 2 rings (SSSR count). The molecule has 0 atom stereocenters. The lowest BCUT2D eigenvalue weighted by atomic mass is 10.1. The Morgan fingerprint density at radius 2 is 2.25 bits per heavy atom. The summed E-state index contributed by atoms with van der Waals surface area (Å²) in [5.41, 5.74) is -0.0392. The van der Waals surface area contributed by atoms with E-state index in [2.05, 4.69) is 26.2 Å². The van der Waals surface area contributed by atoms with Crippen LogP contribution in [0.4, 0.5) is 10.1 Å². The second-order valence-corrected chi connectivity index (χ2v) is 4.99. The molecular formula is C13H6BrClFN3O. The summed E-state index contributed by atoms with van der Waals surface area (Å²) in [7, 11) is 0. The first-order valence-electron chi connectivity index (χ1n) is 5.34. The largest absolute Gasteiger partial charge is 0.321 e. The predicted octanol–water partition coefficient (Wildman–Crippen LogP) is 3.76. The number of carbonyl (C=O) groups excluding carboxylic acids is 1. The smallest absolute Gasteiger partial charge is 0.258 e. The minimum absolute atomic E-state index is 0.0145. The number of rotatable bonds is 2. The summed E-state index contributed by atoms with van der Waals surface area (Å²) in [6.07, 6.45) is 1.45. The van der Waals surface area contributed by atoms with E-state index in [0.717, 1.165) is 6.07 Å². The van der Waals surface area contributed by atoms with Crippen molar-refractivity contribution in [2.45, 2.75) is 0 Å². The number of benzene rings is 1. The fraction of sp³-hybridized carbons (Fsp3) is 0. The van der Waals surface area contributed by atoms with Gasteiger partial charge in [-0.15, -0.1) is 0 Å². The molecular weight excluding hydrogens is 349 g/mol. The summed E-state index contributed by atoms with van der Waals surface area (Å²) in [4.78, 5) is 15.9. The van der Waals surface area contributed by atoms with Gasteiger partial charge in [0.05, 0.1) is 11.3 Å². The van der Waals surface area contributed by atoms with E-state index in [1.54, 1.807) is 6.07 Å². The zero-order valence-electron chi connectivity index (χ0n) is 9.82. The first kappa shape index (κ1) is 14.4. The van der Waals surface area contributed by atoms with E-state index in [0.29, 0.717) is 4.47 Å². The summed E-state index contributed by atoms with van der Waals surface area (Å²) in [5.74, 6) is -1.28. The Hall–Kier alpha value is -1.97. The molecule has 1 N–H and O–H groups in total. The fourth-order valence-corrected chi connectivity index (χ4v) is 2.03. The van der Waals surface area contributed by atoms with Crippen LogP contribution in [0.1, 0.15) is 15.9 Å². The van der Waals surface area contributed by atoms with Gasteiger partial charge in [0, 0.05) is 10.7 Å². The average molecular weight is 355 g/mol. The molecule has 1 heterocycles. The van der Waals surface area contributed by atoms with Gasteiger partial charge in [-0.2, -0.15) is 5.26 Å². The van der Waals surface area contributed by atoms with Crippen molar-refractivity contribution in [3.8, 4) is 6.07 Å². The quantitative estimate of drug-likeness (QED) is 0.835. The topological polar surface area (TPSA) is 65.8 Å². The number of pyridine rings is 1. The van der Waals surface area contributed by atoms with Gasteiger partial charge in [0.25, 0.3) is 5.91 Å². The number of carbonyl (C=O) groups is 1. The molecule has 100 valence electrons. The Bertz CT molecular complexity index is 730. The number of hydrogen-bond donors (Lipinski definition) is 1. The van der Waals surface area contributed by atoms with Crippen molar-refractivity contribution in [2.75, 3.05) is 5.32 Å². The molecule has 4 nitrogen and oxygen atoms in total. The maximum absolute atomic E-state index is 13.4. The molecule has 0 saturated heterocycles. The van der Waals surface area contributed by atoms with Gasteiger partial charge in [0.2, 0.25) is 0 Å². The second kappa shape index (κ2) is 5.99. The Morgan fingerprint density at radius 1 is 1.50 bits per heavy atom. The average Bonchev–Trinajstić information content (AvgIpc) is 2.41. The molecule has 1 aromatic carbocycles. The van der Waals surface area contributed by atoms with Crippen LogP contribution in [0, 0.1) is 17.1 Å². The van der Waals surface area contributed by atoms with E-state index in [1.807, 2.05) is 0 Å². The van der Waals surface area contributed by atoms with Gasteiger partial charge >= 0.3 is 0 Å². The Kier molecular flexibility index (Phi) is 4.32. The maximum atomic E-state index is 13.4. The lowest BCUT2D eigenvalue weighted by molar-refractivity contribution is 0.102. The number of amides is 1. The zero-order valence-corrected chi connectivity index (χ0v) is 12.2. The molecule has 0 aliphatic heterocycles. The fourth-order valence-electron chi connectivity index (χ4n) is 1.51. The van der Waals surface area contributed by atoms with Gasteiger partial charge < -0.3 is 5.32 Å². The number of aromatic nitrogens is 1. The lowest BCUT2D eigenvalue weighted by Gasteiger charge is -2.08. The molecule has 0 spiro atoms. The van der Waals surface area contributed by atoms with Crippen LogP contribution in [-0.2, 0) is 0 Å². The Labute approximate surface area is 127 Å². The van der Waals surface area contributed by atoms with Crippen molar-refractivity contribution in [1.29, 1.82) is 5.26 Å². The number of nitrogens with zero attached hydrogens (tertiary/aromatic N) is 2. The number of anilines is 1. The molecule has 0 radical (unpaired) electrons. The van der Waals surface area contributed by atoms with E-state index in [-0.39, 0.29) is 22.0 Å². The lowest BCUT2D eigenvalue weighted by Crippen LogP contribution is -2.14.